The van der Waals surface area contributed by atoms with Gasteiger partial charge in [-0.3, -0.25) is 0 Å². The summed E-state index contributed by atoms with van der Waals surface area (Å²) in [6, 6.07) is 0. The second kappa shape index (κ2) is 7.89. The fourth-order valence-electron chi connectivity index (χ4n) is 2.37. The van der Waals surface area contributed by atoms with Crippen molar-refractivity contribution in [1.29, 1.82) is 0 Å². The van der Waals surface area contributed by atoms with Gasteiger partial charge in [0.15, 0.2) is 6.29 Å². The number of unbranched alkanes of at least 4 members (excludes halogenated alkanes) is 1. The molecule has 1 fully saturated rings. The molecule has 1 aliphatic heterocycles. The minimum absolute atomic E-state index is 0.0667. The maximum Gasteiger partial charge on any atom is 0.460 e. The van der Waals surface area contributed by atoms with Gasteiger partial charge in [0.05, 0.1) is 12.5 Å². The Hall–Kier alpha value is -0.710. The molecule has 11 heteroatoms. The molecule has 0 aliphatic carbocycles. The van der Waals surface area contributed by atoms with Gasteiger partial charge in [-0.1, -0.05) is 19.8 Å². The monoisotopic (exact) mass is 390 g/mol. The Balaban J connectivity index is 3.02. The molecule has 0 spiro atoms. The van der Waals surface area contributed by atoms with Crippen LogP contribution in [0.25, 0.3) is 0 Å². The van der Waals surface area contributed by atoms with Crippen molar-refractivity contribution in [3.05, 3.63) is 0 Å². The third kappa shape index (κ3) is 4.53. The molecule has 0 bridgehead atoms. The Kier molecular flexibility index (Phi) is 7.05. The van der Waals surface area contributed by atoms with E-state index >= 15 is 0 Å². The Morgan fingerprint density at radius 2 is 1.60 bits per heavy atom. The summed E-state index contributed by atoms with van der Waals surface area (Å²) in [4.78, 5) is 0. The van der Waals surface area contributed by atoms with Crippen molar-refractivity contribution in [2.45, 2.75) is 69.3 Å². The van der Waals surface area contributed by atoms with Crippen LogP contribution < -0.4 is 0 Å². The van der Waals surface area contributed by atoms with Gasteiger partial charge < -0.3 is 9.47 Å². The van der Waals surface area contributed by atoms with Crippen molar-refractivity contribution in [1.82, 2.24) is 0 Å². The number of hydrogen-bond donors (Lipinski definition) is 0. The normalized spacial score (nSPS) is 21.6. The lowest BCUT2D eigenvalue weighted by Gasteiger charge is -2.37. The Morgan fingerprint density at radius 3 is 2.04 bits per heavy atom. The molecule has 2 nitrogen and oxygen atoms in total. The fraction of sp³-hybridized carbons (Fsp3) is 1.00. The van der Waals surface area contributed by atoms with E-state index in [4.69, 9.17) is 9.47 Å². The van der Waals surface area contributed by atoms with Crippen LogP contribution in [-0.2, 0) is 9.47 Å². The second-order valence-corrected chi connectivity index (χ2v) is 5.88. The quantitative estimate of drug-likeness (QED) is 0.490. The average molecular weight is 390 g/mol. The zero-order chi connectivity index (χ0) is 19.5. The molecule has 1 heterocycles. The van der Waals surface area contributed by atoms with Crippen molar-refractivity contribution in [2.75, 3.05) is 13.2 Å². The van der Waals surface area contributed by atoms with Gasteiger partial charge in [-0.2, -0.15) is 39.5 Å². The predicted octanol–water partition coefficient (Wildman–Crippen LogP) is 5.41. The summed E-state index contributed by atoms with van der Waals surface area (Å²) in [6.45, 7) is 0.669. The van der Waals surface area contributed by atoms with Gasteiger partial charge in [0.1, 0.15) is 0 Å². The maximum atomic E-state index is 14.0. The lowest BCUT2D eigenvalue weighted by Crippen LogP contribution is -2.63. The topological polar surface area (TPSA) is 18.5 Å². The molecule has 1 aliphatic rings. The summed E-state index contributed by atoms with van der Waals surface area (Å²) in [5.74, 6) is -21.6. The molecule has 0 radical (unpaired) electrons. The van der Waals surface area contributed by atoms with E-state index in [2.05, 4.69) is 0 Å². The minimum Gasteiger partial charge on any atom is -0.353 e. The van der Waals surface area contributed by atoms with Crippen LogP contribution in [0, 0.1) is 5.92 Å². The molecule has 0 amide bonds. The zero-order valence-electron chi connectivity index (χ0n) is 13.3. The molecular weight excluding hydrogens is 371 g/mol. The first-order valence-corrected chi connectivity index (χ1v) is 7.72. The number of halogens is 9. The molecule has 150 valence electrons. The second-order valence-electron chi connectivity index (χ2n) is 5.88. The smallest absolute Gasteiger partial charge is 0.353 e. The van der Waals surface area contributed by atoms with E-state index in [1.807, 2.05) is 0 Å². The highest BCUT2D eigenvalue weighted by atomic mass is 19.4. The van der Waals surface area contributed by atoms with Crippen LogP contribution in [0.3, 0.4) is 0 Å². The van der Waals surface area contributed by atoms with Gasteiger partial charge in [-0.05, 0) is 12.8 Å². The average Bonchev–Trinajstić information content (AvgIpc) is 2.98. The third-order valence-electron chi connectivity index (χ3n) is 3.96. The van der Waals surface area contributed by atoms with Crippen LogP contribution >= 0.6 is 0 Å². The number of ether oxygens (including phenoxy) is 2. The molecular formula is C14H19F9O2. The summed E-state index contributed by atoms with van der Waals surface area (Å²) in [5, 5.41) is 0. The maximum absolute atomic E-state index is 14.0. The zero-order valence-corrected chi connectivity index (χ0v) is 13.3. The highest BCUT2D eigenvalue weighted by Gasteiger charge is 2.82. The van der Waals surface area contributed by atoms with E-state index in [1.165, 1.54) is 6.92 Å². The summed E-state index contributed by atoms with van der Waals surface area (Å²) in [5.41, 5.74) is 0. The Labute approximate surface area is 138 Å². The molecule has 2 atom stereocenters. The van der Waals surface area contributed by atoms with Gasteiger partial charge >= 0.3 is 23.9 Å². The molecule has 0 N–H and O–H groups in total. The van der Waals surface area contributed by atoms with E-state index in [0.717, 1.165) is 0 Å². The first-order chi connectivity index (χ1) is 11.3. The first-order valence-electron chi connectivity index (χ1n) is 7.72. The number of rotatable bonds is 9. The highest BCUT2D eigenvalue weighted by Crippen LogP contribution is 2.55. The van der Waals surface area contributed by atoms with Crippen molar-refractivity contribution in [3.8, 4) is 0 Å². The lowest BCUT2D eigenvalue weighted by atomic mass is 9.88. The summed E-state index contributed by atoms with van der Waals surface area (Å²) >= 11 is 0. The van der Waals surface area contributed by atoms with Crippen LogP contribution in [-0.4, -0.2) is 43.4 Å². The minimum atomic E-state index is -6.88. The highest BCUT2D eigenvalue weighted by molar-refractivity contribution is 5.03. The molecule has 0 saturated carbocycles. The lowest BCUT2D eigenvalue weighted by molar-refractivity contribution is -0.405. The van der Waals surface area contributed by atoms with Gasteiger partial charge in [0.25, 0.3) is 0 Å². The Bertz CT molecular complexity index is 417. The van der Waals surface area contributed by atoms with E-state index < -0.39 is 49.2 Å². The molecule has 0 aromatic carbocycles. The standard InChI is InChI=1S/C14H19F9O2/c1-2-3-5-9(8-25-10-6-4-7-24-10)11(15,16)12(17,18)13(19,20)14(21,22)23/h9-10H,2-8H2,1H3. The van der Waals surface area contributed by atoms with Crippen molar-refractivity contribution in [2.24, 2.45) is 5.92 Å². The van der Waals surface area contributed by atoms with E-state index in [-0.39, 0.29) is 19.4 Å². The third-order valence-corrected chi connectivity index (χ3v) is 3.96. The molecule has 1 saturated heterocycles. The Morgan fingerprint density at radius 1 is 1.00 bits per heavy atom. The summed E-state index contributed by atoms with van der Waals surface area (Å²) in [6.07, 6.45) is -7.46. The predicted molar refractivity (Wildman–Crippen MR) is 68.8 cm³/mol. The van der Waals surface area contributed by atoms with Gasteiger partial charge in [-0.25, -0.2) is 0 Å². The van der Waals surface area contributed by atoms with Gasteiger partial charge in [0.2, 0.25) is 0 Å². The van der Waals surface area contributed by atoms with Crippen molar-refractivity contribution >= 4 is 0 Å². The molecule has 0 aromatic heterocycles. The summed E-state index contributed by atoms with van der Waals surface area (Å²) in [7, 11) is 0. The van der Waals surface area contributed by atoms with E-state index in [0.29, 0.717) is 12.8 Å². The van der Waals surface area contributed by atoms with Crippen LogP contribution in [0.5, 0.6) is 0 Å². The SMILES string of the molecule is CCCCC(COC1CCCO1)C(F)(F)C(F)(F)C(F)(F)C(F)(F)F. The fourth-order valence-corrected chi connectivity index (χ4v) is 2.37. The molecule has 1 rings (SSSR count). The summed E-state index contributed by atoms with van der Waals surface area (Å²) < 4.78 is 128. The first kappa shape index (κ1) is 22.3. The van der Waals surface area contributed by atoms with Crippen LogP contribution in [0.2, 0.25) is 0 Å². The van der Waals surface area contributed by atoms with Crippen molar-refractivity contribution < 1.29 is 49.0 Å². The van der Waals surface area contributed by atoms with E-state index in [1.54, 1.807) is 0 Å². The van der Waals surface area contributed by atoms with Crippen LogP contribution in [0.1, 0.15) is 39.0 Å². The van der Waals surface area contributed by atoms with Crippen molar-refractivity contribution in [3.63, 3.8) is 0 Å². The molecule has 25 heavy (non-hydrogen) atoms. The van der Waals surface area contributed by atoms with Crippen LogP contribution in [0.4, 0.5) is 39.5 Å². The van der Waals surface area contributed by atoms with Gasteiger partial charge in [-0.15, -0.1) is 0 Å². The van der Waals surface area contributed by atoms with E-state index in [9.17, 15) is 39.5 Å². The molecule has 0 aromatic rings. The van der Waals surface area contributed by atoms with Gasteiger partial charge in [0, 0.05) is 13.0 Å². The molecule has 2 unspecified atom stereocenters. The largest absolute Gasteiger partial charge is 0.460 e. The number of alkyl halides is 9. The number of hydrogen-bond acceptors (Lipinski definition) is 2. The van der Waals surface area contributed by atoms with Crippen LogP contribution in [0.15, 0.2) is 0 Å².